The van der Waals surface area contributed by atoms with Crippen LogP contribution in [0.1, 0.15) is 12.0 Å². The summed E-state index contributed by atoms with van der Waals surface area (Å²) < 4.78 is 10.6. The SMILES string of the molecule is COc1ccc(CCN2CCCNCC2)cc1OC. The van der Waals surface area contributed by atoms with Crippen LogP contribution in [0.15, 0.2) is 18.2 Å². The molecule has 1 aliphatic rings. The molecule has 1 aromatic carbocycles. The number of nitrogens with one attached hydrogen (secondary N) is 1. The Labute approximate surface area is 115 Å². The van der Waals surface area contributed by atoms with Crippen molar-refractivity contribution in [3.63, 3.8) is 0 Å². The molecule has 0 bridgehead atoms. The minimum absolute atomic E-state index is 0.797. The molecule has 1 N–H and O–H groups in total. The lowest BCUT2D eigenvalue weighted by atomic mass is 10.1. The lowest BCUT2D eigenvalue weighted by molar-refractivity contribution is 0.296. The lowest BCUT2D eigenvalue weighted by Gasteiger charge is -2.19. The highest BCUT2D eigenvalue weighted by molar-refractivity contribution is 5.42. The summed E-state index contributed by atoms with van der Waals surface area (Å²) in [6.07, 6.45) is 2.30. The van der Waals surface area contributed by atoms with Gasteiger partial charge in [-0.15, -0.1) is 0 Å². The van der Waals surface area contributed by atoms with Crippen molar-refractivity contribution in [2.24, 2.45) is 0 Å². The fraction of sp³-hybridized carbons (Fsp3) is 0.600. The first-order chi connectivity index (χ1) is 9.33. The van der Waals surface area contributed by atoms with Gasteiger partial charge in [-0.1, -0.05) is 6.07 Å². The molecule has 0 saturated carbocycles. The Morgan fingerprint density at radius 1 is 1.11 bits per heavy atom. The van der Waals surface area contributed by atoms with E-state index in [4.69, 9.17) is 9.47 Å². The molecule has 1 aliphatic heterocycles. The number of rotatable bonds is 5. The van der Waals surface area contributed by atoms with Crippen molar-refractivity contribution in [3.05, 3.63) is 23.8 Å². The van der Waals surface area contributed by atoms with Crippen LogP contribution in [0, 0.1) is 0 Å². The smallest absolute Gasteiger partial charge is 0.160 e. The number of benzene rings is 1. The van der Waals surface area contributed by atoms with Crippen molar-refractivity contribution in [2.75, 3.05) is 46.9 Å². The van der Waals surface area contributed by atoms with Crippen LogP contribution in [-0.2, 0) is 6.42 Å². The molecule has 0 spiro atoms. The molecule has 0 radical (unpaired) electrons. The Bertz CT molecular complexity index is 388. The summed E-state index contributed by atoms with van der Waals surface area (Å²) in [6.45, 7) is 5.70. The Morgan fingerprint density at radius 2 is 1.95 bits per heavy atom. The van der Waals surface area contributed by atoms with E-state index in [0.29, 0.717) is 0 Å². The third kappa shape index (κ3) is 4.11. The van der Waals surface area contributed by atoms with Gasteiger partial charge in [0.2, 0.25) is 0 Å². The molecule has 0 unspecified atom stereocenters. The van der Waals surface area contributed by atoms with Gasteiger partial charge in [0.25, 0.3) is 0 Å². The highest BCUT2D eigenvalue weighted by atomic mass is 16.5. The van der Waals surface area contributed by atoms with Crippen molar-refractivity contribution in [1.82, 2.24) is 10.2 Å². The number of ether oxygens (including phenoxy) is 2. The molecule has 0 aromatic heterocycles. The van der Waals surface area contributed by atoms with Crippen molar-refractivity contribution < 1.29 is 9.47 Å². The van der Waals surface area contributed by atoms with E-state index in [1.54, 1.807) is 14.2 Å². The van der Waals surface area contributed by atoms with Crippen LogP contribution in [-0.4, -0.2) is 51.8 Å². The number of hydrogen-bond acceptors (Lipinski definition) is 4. The zero-order chi connectivity index (χ0) is 13.5. The first-order valence-corrected chi connectivity index (χ1v) is 6.97. The molecule has 4 heteroatoms. The van der Waals surface area contributed by atoms with Gasteiger partial charge in [0.1, 0.15) is 0 Å². The molecule has 1 aromatic rings. The van der Waals surface area contributed by atoms with E-state index in [-0.39, 0.29) is 0 Å². The molecule has 1 heterocycles. The Balaban J connectivity index is 1.91. The fourth-order valence-electron chi connectivity index (χ4n) is 2.45. The van der Waals surface area contributed by atoms with E-state index in [9.17, 15) is 0 Å². The van der Waals surface area contributed by atoms with Gasteiger partial charge < -0.3 is 19.7 Å². The molecule has 1 saturated heterocycles. The van der Waals surface area contributed by atoms with Gasteiger partial charge in [-0.25, -0.2) is 0 Å². The summed E-state index contributed by atoms with van der Waals surface area (Å²) in [4.78, 5) is 2.52. The highest BCUT2D eigenvalue weighted by Crippen LogP contribution is 2.27. The number of hydrogen-bond donors (Lipinski definition) is 1. The molecule has 4 nitrogen and oxygen atoms in total. The van der Waals surface area contributed by atoms with Crippen LogP contribution in [0.3, 0.4) is 0 Å². The maximum atomic E-state index is 5.34. The molecule has 0 amide bonds. The second-order valence-electron chi connectivity index (χ2n) is 4.88. The van der Waals surface area contributed by atoms with Crippen LogP contribution >= 0.6 is 0 Å². The predicted octanol–water partition coefficient (Wildman–Crippen LogP) is 1.54. The number of methoxy groups -OCH3 is 2. The van der Waals surface area contributed by atoms with E-state index in [1.165, 1.54) is 18.5 Å². The van der Waals surface area contributed by atoms with Gasteiger partial charge >= 0.3 is 0 Å². The molecule has 2 rings (SSSR count). The van der Waals surface area contributed by atoms with Gasteiger partial charge in [0.05, 0.1) is 14.2 Å². The van der Waals surface area contributed by atoms with Crippen molar-refractivity contribution in [3.8, 4) is 11.5 Å². The average molecular weight is 264 g/mol. The minimum atomic E-state index is 0.797. The van der Waals surface area contributed by atoms with E-state index in [2.05, 4.69) is 22.3 Å². The summed E-state index contributed by atoms with van der Waals surface area (Å²) in [7, 11) is 3.35. The molecular formula is C15H24N2O2. The quantitative estimate of drug-likeness (QED) is 0.875. The lowest BCUT2D eigenvalue weighted by Crippen LogP contribution is -2.30. The second-order valence-corrected chi connectivity index (χ2v) is 4.88. The molecule has 0 atom stereocenters. The normalized spacial score (nSPS) is 16.9. The third-order valence-electron chi connectivity index (χ3n) is 3.60. The molecular weight excluding hydrogens is 240 g/mol. The summed E-state index contributed by atoms with van der Waals surface area (Å²) >= 11 is 0. The summed E-state index contributed by atoms with van der Waals surface area (Å²) in [5, 5.41) is 3.43. The van der Waals surface area contributed by atoms with Gasteiger partial charge in [-0.05, 0) is 43.6 Å². The van der Waals surface area contributed by atoms with Gasteiger partial charge in [-0.3, -0.25) is 0 Å². The third-order valence-corrected chi connectivity index (χ3v) is 3.60. The maximum Gasteiger partial charge on any atom is 0.160 e. The largest absolute Gasteiger partial charge is 0.493 e. The van der Waals surface area contributed by atoms with E-state index >= 15 is 0 Å². The molecule has 19 heavy (non-hydrogen) atoms. The first kappa shape index (κ1) is 14.2. The highest BCUT2D eigenvalue weighted by Gasteiger charge is 2.09. The standard InChI is InChI=1S/C15H24N2O2/c1-18-14-5-4-13(12-15(14)19-2)6-10-17-9-3-7-16-8-11-17/h4-5,12,16H,3,6-11H2,1-2H3. The van der Waals surface area contributed by atoms with Gasteiger partial charge in [-0.2, -0.15) is 0 Å². The van der Waals surface area contributed by atoms with Crippen molar-refractivity contribution in [2.45, 2.75) is 12.8 Å². The Morgan fingerprint density at radius 3 is 2.74 bits per heavy atom. The average Bonchev–Trinajstić information content (AvgIpc) is 2.73. The number of nitrogens with zero attached hydrogens (tertiary/aromatic N) is 1. The zero-order valence-electron chi connectivity index (χ0n) is 11.9. The van der Waals surface area contributed by atoms with Crippen LogP contribution < -0.4 is 14.8 Å². The Kier molecular flexibility index (Phi) is 5.48. The van der Waals surface area contributed by atoms with Crippen LogP contribution in [0.5, 0.6) is 11.5 Å². The van der Waals surface area contributed by atoms with E-state index in [0.717, 1.165) is 44.1 Å². The van der Waals surface area contributed by atoms with Crippen molar-refractivity contribution in [1.29, 1.82) is 0 Å². The minimum Gasteiger partial charge on any atom is -0.493 e. The van der Waals surface area contributed by atoms with Crippen LogP contribution in [0.2, 0.25) is 0 Å². The Hall–Kier alpha value is -1.26. The first-order valence-electron chi connectivity index (χ1n) is 6.97. The fourth-order valence-corrected chi connectivity index (χ4v) is 2.45. The molecule has 0 aliphatic carbocycles. The second kappa shape index (κ2) is 7.36. The summed E-state index contributed by atoms with van der Waals surface area (Å²) in [5.74, 6) is 1.61. The predicted molar refractivity (Wildman–Crippen MR) is 77.2 cm³/mol. The molecule has 1 fully saturated rings. The van der Waals surface area contributed by atoms with E-state index in [1.807, 2.05) is 6.07 Å². The van der Waals surface area contributed by atoms with Gasteiger partial charge in [0, 0.05) is 19.6 Å². The summed E-state index contributed by atoms with van der Waals surface area (Å²) in [5.41, 5.74) is 1.30. The van der Waals surface area contributed by atoms with Crippen LogP contribution in [0.25, 0.3) is 0 Å². The maximum absolute atomic E-state index is 5.34. The van der Waals surface area contributed by atoms with Crippen molar-refractivity contribution >= 4 is 0 Å². The summed E-state index contributed by atoms with van der Waals surface area (Å²) in [6, 6.07) is 6.18. The zero-order valence-corrected chi connectivity index (χ0v) is 11.9. The monoisotopic (exact) mass is 264 g/mol. The van der Waals surface area contributed by atoms with Crippen LogP contribution in [0.4, 0.5) is 0 Å². The molecule has 106 valence electrons. The van der Waals surface area contributed by atoms with E-state index < -0.39 is 0 Å². The van der Waals surface area contributed by atoms with Gasteiger partial charge in [0.15, 0.2) is 11.5 Å². The topological polar surface area (TPSA) is 33.7 Å².